The second-order valence-corrected chi connectivity index (χ2v) is 7.58. The molecular formula is C16H28O2. The topological polar surface area (TPSA) is 26.3 Å². The molecule has 0 aromatic heterocycles. The monoisotopic (exact) mass is 252 g/mol. The Morgan fingerprint density at radius 2 is 1.83 bits per heavy atom. The molecule has 0 amide bonds. The summed E-state index contributed by atoms with van der Waals surface area (Å²) >= 11 is 0. The first-order valence-electron chi connectivity index (χ1n) is 7.43. The van der Waals surface area contributed by atoms with Gasteiger partial charge in [-0.2, -0.15) is 0 Å². The van der Waals surface area contributed by atoms with Gasteiger partial charge in [-0.1, -0.05) is 27.7 Å². The molecule has 0 saturated heterocycles. The van der Waals surface area contributed by atoms with Gasteiger partial charge in [0.1, 0.15) is 6.10 Å². The molecule has 2 nitrogen and oxygen atoms in total. The van der Waals surface area contributed by atoms with Crippen molar-refractivity contribution in [3.05, 3.63) is 0 Å². The van der Waals surface area contributed by atoms with Crippen LogP contribution >= 0.6 is 0 Å². The van der Waals surface area contributed by atoms with E-state index in [0.717, 1.165) is 12.3 Å². The largest absolute Gasteiger partial charge is 0.461 e. The molecule has 4 atom stereocenters. The van der Waals surface area contributed by atoms with Crippen molar-refractivity contribution in [2.45, 2.75) is 66.9 Å². The molecule has 2 aliphatic rings. The summed E-state index contributed by atoms with van der Waals surface area (Å²) in [6.07, 6.45) is 3.53. The second kappa shape index (κ2) is 4.25. The van der Waals surface area contributed by atoms with Crippen molar-refractivity contribution in [2.24, 2.45) is 28.6 Å². The molecule has 0 spiro atoms. The lowest BCUT2D eigenvalue weighted by molar-refractivity contribution is -0.165. The Morgan fingerprint density at radius 1 is 1.28 bits per heavy atom. The lowest BCUT2D eigenvalue weighted by atomic mass is 9.80. The van der Waals surface area contributed by atoms with Crippen molar-refractivity contribution in [3.63, 3.8) is 0 Å². The summed E-state index contributed by atoms with van der Waals surface area (Å²) in [5.41, 5.74) is 0.00637. The highest BCUT2D eigenvalue weighted by Crippen LogP contribution is 2.61. The molecule has 2 rings (SSSR count). The van der Waals surface area contributed by atoms with Gasteiger partial charge in [0.2, 0.25) is 0 Å². The summed E-state index contributed by atoms with van der Waals surface area (Å²) in [5.74, 6) is 1.81. The van der Waals surface area contributed by atoms with E-state index in [0.29, 0.717) is 17.3 Å². The average Bonchev–Trinajstić information content (AvgIpc) is 2.67. The van der Waals surface area contributed by atoms with Crippen molar-refractivity contribution in [2.75, 3.05) is 0 Å². The molecule has 0 heterocycles. The molecule has 18 heavy (non-hydrogen) atoms. The van der Waals surface area contributed by atoms with Gasteiger partial charge < -0.3 is 4.74 Å². The summed E-state index contributed by atoms with van der Waals surface area (Å²) in [6, 6.07) is 0. The van der Waals surface area contributed by atoms with E-state index in [-0.39, 0.29) is 17.5 Å². The van der Waals surface area contributed by atoms with Gasteiger partial charge in [0.05, 0.1) is 5.41 Å². The maximum Gasteiger partial charge on any atom is 0.311 e. The molecule has 2 aliphatic carbocycles. The first-order valence-corrected chi connectivity index (χ1v) is 7.43. The minimum absolute atomic E-state index is 0.00907. The Hall–Kier alpha value is -0.530. The van der Waals surface area contributed by atoms with Crippen LogP contribution in [0.1, 0.15) is 60.8 Å². The zero-order chi connectivity index (χ0) is 13.7. The van der Waals surface area contributed by atoms with Crippen LogP contribution in [-0.2, 0) is 9.53 Å². The van der Waals surface area contributed by atoms with E-state index in [1.165, 1.54) is 12.8 Å². The molecule has 104 valence electrons. The normalized spacial score (nSPS) is 37.9. The van der Waals surface area contributed by atoms with E-state index in [2.05, 4.69) is 27.7 Å². The van der Waals surface area contributed by atoms with Crippen LogP contribution in [0.5, 0.6) is 0 Å². The van der Waals surface area contributed by atoms with Crippen molar-refractivity contribution < 1.29 is 9.53 Å². The fourth-order valence-corrected chi connectivity index (χ4v) is 4.12. The van der Waals surface area contributed by atoms with Crippen LogP contribution in [0.25, 0.3) is 0 Å². The van der Waals surface area contributed by atoms with Crippen LogP contribution in [0.3, 0.4) is 0 Å². The molecule has 4 unspecified atom stereocenters. The standard InChI is InChI=1S/C16H28O2/c1-7-15(3,4)14(17)18-13-10(2)11-8-9-12(13)16(11,5)6/h10-13H,7-9H2,1-6H3. The SMILES string of the molecule is CCC(C)(C)C(=O)OC1C(C)C2CCC1C2(C)C. The molecular weight excluding hydrogens is 224 g/mol. The third kappa shape index (κ3) is 1.88. The summed E-state index contributed by atoms with van der Waals surface area (Å²) in [5, 5.41) is 0. The molecule has 2 saturated carbocycles. The number of hydrogen-bond acceptors (Lipinski definition) is 2. The third-order valence-electron chi connectivity index (χ3n) is 5.93. The van der Waals surface area contributed by atoms with Crippen molar-refractivity contribution in [1.29, 1.82) is 0 Å². The van der Waals surface area contributed by atoms with Gasteiger partial charge in [0, 0.05) is 5.92 Å². The smallest absolute Gasteiger partial charge is 0.311 e. The Labute approximate surface area is 111 Å². The molecule has 0 N–H and O–H groups in total. The van der Waals surface area contributed by atoms with Crippen molar-refractivity contribution in [1.82, 2.24) is 0 Å². The zero-order valence-corrected chi connectivity index (χ0v) is 12.7. The minimum Gasteiger partial charge on any atom is -0.461 e. The molecule has 2 heteroatoms. The van der Waals surface area contributed by atoms with Gasteiger partial charge in [0.15, 0.2) is 0 Å². The number of esters is 1. The van der Waals surface area contributed by atoms with Gasteiger partial charge >= 0.3 is 5.97 Å². The molecule has 0 aromatic carbocycles. The fraction of sp³-hybridized carbons (Fsp3) is 0.938. The number of fused-ring (bicyclic) bond motifs is 2. The zero-order valence-electron chi connectivity index (χ0n) is 12.7. The van der Waals surface area contributed by atoms with E-state index >= 15 is 0 Å². The summed E-state index contributed by atoms with van der Waals surface area (Å²) in [6.45, 7) is 13.0. The Morgan fingerprint density at radius 3 is 2.28 bits per heavy atom. The first kappa shape index (κ1) is 13.9. The maximum absolute atomic E-state index is 12.3. The summed E-state index contributed by atoms with van der Waals surface area (Å²) in [7, 11) is 0. The number of carbonyl (C=O) groups is 1. The maximum atomic E-state index is 12.3. The van der Waals surface area contributed by atoms with Gasteiger partial charge in [0.25, 0.3) is 0 Å². The lowest BCUT2D eigenvalue weighted by Crippen LogP contribution is -2.36. The molecule has 0 radical (unpaired) electrons. The summed E-state index contributed by atoms with van der Waals surface area (Å²) < 4.78 is 5.91. The number of hydrogen-bond donors (Lipinski definition) is 0. The highest BCUT2D eigenvalue weighted by molar-refractivity contribution is 5.76. The van der Waals surface area contributed by atoms with Crippen LogP contribution in [-0.4, -0.2) is 12.1 Å². The van der Waals surface area contributed by atoms with E-state index < -0.39 is 0 Å². The van der Waals surface area contributed by atoms with Crippen molar-refractivity contribution in [3.8, 4) is 0 Å². The quantitative estimate of drug-likeness (QED) is 0.709. The van der Waals surface area contributed by atoms with Gasteiger partial charge in [-0.05, 0) is 50.4 Å². The third-order valence-corrected chi connectivity index (χ3v) is 5.93. The van der Waals surface area contributed by atoms with Gasteiger partial charge in [-0.15, -0.1) is 0 Å². The van der Waals surface area contributed by atoms with E-state index in [1.54, 1.807) is 0 Å². The van der Waals surface area contributed by atoms with E-state index in [1.807, 2.05) is 13.8 Å². The molecule has 0 aliphatic heterocycles. The molecule has 2 fully saturated rings. The van der Waals surface area contributed by atoms with Crippen LogP contribution in [0, 0.1) is 28.6 Å². The molecule has 2 bridgehead atoms. The predicted octanol–water partition coefficient (Wildman–Crippen LogP) is 4.04. The van der Waals surface area contributed by atoms with Crippen molar-refractivity contribution >= 4 is 5.97 Å². The van der Waals surface area contributed by atoms with Crippen LogP contribution in [0.4, 0.5) is 0 Å². The van der Waals surface area contributed by atoms with E-state index in [4.69, 9.17) is 4.74 Å². The highest BCUT2D eigenvalue weighted by Gasteiger charge is 2.59. The fourth-order valence-electron chi connectivity index (χ4n) is 4.12. The van der Waals surface area contributed by atoms with Gasteiger partial charge in [-0.25, -0.2) is 0 Å². The Bertz CT molecular complexity index is 343. The summed E-state index contributed by atoms with van der Waals surface area (Å²) in [4.78, 5) is 12.3. The predicted molar refractivity (Wildman–Crippen MR) is 73.1 cm³/mol. The van der Waals surface area contributed by atoms with Gasteiger partial charge in [-0.3, -0.25) is 4.79 Å². The first-order chi connectivity index (χ1) is 8.21. The number of carbonyl (C=O) groups excluding carboxylic acids is 1. The number of ether oxygens (including phenoxy) is 1. The van der Waals surface area contributed by atoms with E-state index in [9.17, 15) is 4.79 Å². The lowest BCUT2D eigenvalue weighted by Gasteiger charge is -2.31. The second-order valence-electron chi connectivity index (χ2n) is 7.58. The van der Waals surface area contributed by atoms with Crippen LogP contribution < -0.4 is 0 Å². The average molecular weight is 252 g/mol. The van der Waals surface area contributed by atoms with Crippen LogP contribution in [0.2, 0.25) is 0 Å². The Balaban J connectivity index is 2.10. The molecule has 0 aromatic rings. The number of rotatable bonds is 3. The van der Waals surface area contributed by atoms with Crippen LogP contribution in [0.15, 0.2) is 0 Å². The Kier molecular flexibility index (Phi) is 3.28. The minimum atomic E-state index is -0.342. The highest BCUT2D eigenvalue weighted by atomic mass is 16.5.